The number of hydrogen-bond donors (Lipinski definition) is 0. The molecule has 0 aliphatic heterocycles. The lowest BCUT2D eigenvalue weighted by atomic mass is 10.1. The van der Waals surface area contributed by atoms with Gasteiger partial charge in [-0.05, 0) is 48.9 Å². The van der Waals surface area contributed by atoms with Crippen LogP contribution < -0.4 is 9.47 Å². The highest BCUT2D eigenvalue weighted by atomic mass is 15.1. The Kier molecular flexibility index (Phi) is 4.36. The zero-order valence-corrected chi connectivity index (χ0v) is 16.3. The van der Waals surface area contributed by atoms with Crippen LogP contribution in [0.1, 0.15) is 17.0 Å². The molecule has 2 aromatic carbocycles. The van der Waals surface area contributed by atoms with E-state index in [0.29, 0.717) is 0 Å². The molecule has 0 saturated carbocycles. The molecule has 2 heterocycles. The molecule has 0 amide bonds. The highest BCUT2D eigenvalue weighted by Gasteiger charge is 2.11. The summed E-state index contributed by atoms with van der Waals surface area (Å²) in [6, 6.07) is 21.5. The van der Waals surface area contributed by atoms with Gasteiger partial charge in [0.05, 0.1) is 5.52 Å². The van der Waals surface area contributed by atoms with Crippen LogP contribution in [0, 0.1) is 6.92 Å². The summed E-state index contributed by atoms with van der Waals surface area (Å²) in [5, 5.41) is 2.37. The van der Waals surface area contributed by atoms with Crippen molar-refractivity contribution in [3.05, 3.63) is 77.6 Å². The maximum absolute atomic E-state index is 4.65. The molecule has 0 bridgehead atoms. The van der Waals surface area contributed by atoms with Gasteiger partial charge in [0.25, 0.3) is 0 Å². The Labute approximate surface area is 160 Å². The monoisotopic (exact) mass is 354 g/mol. The lowest BCUT2D eigenvalue weighted by Gasteiger charge is -2.11. The van der Waals surface area contributed by atoms with Crippen LogP contribution in [0.25, 0.3) is 34.0 Å². The number of rotatable bonds is 3. The molecule has 0 aliphatic carbocycles. The maximum Gasteiger partial charge on any atom is 0.213 e. The van der Waals surface area contributed by atoms with Crippen molar-refractivity contribution in [3.63, 3.8) is 0 Å². The molecule has 0 radical (unpaired) electrons. The summed E-state index contributed by atoms with van der Waals surface area (Å²) in [4.78, 5) is 6.76. The van der Waals surface area contributed by atoms with Crippen molar-refractivity contribution >= 4 is 39.6 Å². The van der Waals surface area contributed by atoms with Crippen molar-refractivity contribution in [2.45, 2.75) is 6.92 Å². The quantitative estimate of drug-likeness (QED) is 0.390. The van der Waals surface area contributed by atoms with Gasteiger partial charge in [-0.15, -0.1) is 0 Å². The van der Waals surface area contributed by atoms with Crippen LogP contribution in [0.5, 0.6) is 0 Å². The molecule has 0 atom stereocenters. The van der Waals surface area contributed by atoms with E-state index in [2.05, 4.69) is 108 Å². The SMILES string of the molecule is Cc1ccc2cc3c(ccc(/C=C/c4ccc(N(C)C)cc4)[n+]3C)cc2n1. The second-order valence-corrected chi connectivity index (χ2v) is 7.19. The van der Waals surface area contributed by atoms with Crippen molar-refractivity contribution in [1.82, 2.24) is 4.98 Å². The topological polar surface area (TPSA) is 20.0 Å². The van der Waals surface area contributed by atoms with Gasteiger partial charge in [-0.25, -0.2) is 0 Å². The first-order valence-corrected chi connectivity index (χ1v) is 9.17. The molecule has 3 nitrogen and oxygen atoms in total. The van der Waals surface area contributed by atoms with Crippen LogP contribution in [0.15, 0.2) is 60.7 Å². The summed E-state index contributed by atoms with van der Waals surface area (Å²) in [7, 11) is 6.23. The molecule has 0 aliphatic rings. The first-order valence-electron chi connectivity index (χ1n) is 9.17. The largest absolute Gasteiger partial charge is 0.378 e. The fourth-order valence-corrected chi connectivity index (χ4v) is 3.36. The second-order valence-electron chi connectivity index (χ2n) is 7.19. The minimum atomic E-state index is 1.05. The van der Waals surface area contributed by atoms with Crippen molar-refractivity contribution < 1.29 is 4.57 Å². The zero-order valence-electron chi connectivity index (χ0n) is 16.3. The fourth-order valence-electron chi connectivity index (χ4n) is 3.36. The molecule has 4 aromatic rings. The highest BCUT2D eigenvalue weighted by molar-refractivity contribution is 5.93. The van der Waals surface area contributed by atoms with E-state index in [-0.39, 0.29) is 0 Å². The van der Waals surface area contributed by atoms with E-state index in [9.17, 15) is 0 Å². The smallest absolute Gasteiger partial charge is 0.213 e. The average Bonchev–Trinajstić information content (AvgIpc) is 2.66. The third-order valence-electron chi connectivity index (χ3n) is 5.02. The number of nitrogens with zero attached hydrogens (tertiary/aromatic N) is 3. The molecule has 2 aromatic heterocycles. The first kappa shape index (κ1) is 17.2. The van der Waals surface area contributed by atoms with E-state index in [1.165, 1.54) is 33.2 Å². The lowest BCUT2D eigenvalue weighted by molar-refractivity contribution is -0.646. The predicted molar refractivity (Wildman–Crippen MR) is 115 cm³/mol. The van der Waals surface area contributed by atoms with Gasteiger partial charge in [0, 0.05) is 54.5 Å². The maximum atomic E-state index is 4.65. The summed E-state index contributed by atoms with van der Waals surface area (Å²) in [5.74, 6) is 0. The normalized spacial score (nSPS) is 11.6. The molecule has 134 valence electrons. The van der Waals surface area contributed by atoms with Gasteiger partial charge in [0.1, 0.15) is 7.05 Å². The summed E-state index contributed by atoms with van der Waals surface area (Å²) in [5.41, 5.74) is 6.87. The average molecular weight is 354 g/mol. The molecule has 0 fully saturated rings. The van der Waals surface area contributed by atoms with Crippen LogP contribution in [0.4, 0.5) is 5.69 Å². The number of hydrogen-bond acceptors (Lipinski definition) is 2. The van der Waals surface area contributed by atoms with Crippen molar-refractivity contribution in [3.8, 4) is 0 Å². The van der Waals surface area contributed by atoms with Gasteiger partial charge >= 0.3 is 0 Å². The van der Waals surface area contributed by atoms with Crippen LogP contribution >= 0.6 is 0 Å². The standard InChI is InChI=1S/C24H24N3/c1-17-5-9-19-16-24-20(15-23(19)25-17)10-14-22(27(24)4)13-8-18-6-11-21(12-7-18)26(2)3/h5-16H,1-4H3/q+1. The number of fused-ring (bicyclic) bond motifs is 2. The number of aryl methyl sites for hydroxylation is 2. The molecule has 0 spiro atoms. The van der Waals surface area contributed by atoms with Crippen LogP contribution in [0.3, 0.4) is 0 Å². The third kappa shape index (κ3) is 3.41. The Hall–Kier alpha value is -3.20. The Bertz CT molecular complexity index is 1160. The molecule has 0 unspecified atom stereocenters. The first-order chi connectivity index (χ1) is 13.0. The van der Waals surface area contributed by atoms with Gasteiger partial charge in [0.2, 0.25) is 11.2 Å². The Morgan fingerprint density at radius 1 is 0.852 bits per heavy atom. The predicted octanol–water partition coefficient (Wildman–Crippen LogP) is 4.76. The molecule has 0 N–H and O–H groups in total. The number of benzene rings is 2. The summed E-state index contributed by atoms with van der Waals surface area (Å²) < 4.78 is 2.24. The highest BCUT2D eigenvalue weighted by Crippen LogP contribution is 2.21. The third-order valence-corrected chi connectivity index (χ3v) is 5.02. The fraction of sp³-hybridized carbons (Fsp3) is 0.167. The summed E-state index contributed by atoms with van der Waals surface area (Å²) in [6.45, 7) is 2.03. The molecule has 3 heteroatoms. The Morgan fingerprint density at radius 3 is 2.33 bits per heavy atom. The minimum Gasteiger partial charge on any atom is -0.378 e. The molecule has 4 rings (SSSR count). The van der Waals surface area contributed by atoms with Crippen molar-refractivity contribution in [2.75, 3.05) is 19.0 Å². The molecular weight excluding hydrogens is 330 g/mol. The van der Waals surface area contributed by atoms with Gasteiger partial charge in [-0.2, -0.15) is 4.57 Å². The number of anilines is 1. The minimum absolute atomic E-state index is 1.05. The molecular formula is C24H24N3+. The van der Waals surface area contributed by atoms with E-state index >= 15 is 0 Å². The van der Waals surface area contributed by atoms with Crippen molar-refractivity contribution in [2.24, 2.45) is 7.05 Å². The van der Waals surface area contributed by atoms with E-state index in [1.54, 1.807) is 0 Å². The number of aromatic nitrogens is 2. The van der Waals surface area contributed by atoms with E-state index in [0.717, 1.165) is 11.2 Å². The van der Waals surface area contributed by atoms with Gasteiger partial charge in [-0.3, -0.25) is 4.98 Å². The van der Waals surface area contributed by atoms with E-state index in [1.807, 2.05) is 6.92 Å². The van der Waals surface area contributed by atoms with Gasteiger partial charge in [0.15, 0.2) is 0 Å². The van der Waals surface area contributed by atoms with Gasteiger partial charge in [-0.1, -0.05) is 18.2 Å². The van der Waals surface area contributed by atoms with Crippen molar-refractivity contribution in [1.29, 1.82) is 0 Å². The second kappa shape index (κ2) is 6.84. The van der Waals surface area contributed by atoms with Crippen LogP contribution in [-0.2, 0) is 7.05 Å². The van der Waals surface area contributed by atoms with E-state index < -0.39 is 0 Å². The number of pyridine rings is 2. The Balaban J connectivity index is 1.72. The van der Waals surface area contributed by atoms with Crippen LogP contribution in [-0.4, -0.2) is 19.1 Å². The zero-order chi connectivity index (χ0) is 19.0. The van der Waals surface area contributed by atoms with Crippen LogP contribution in [0.2, 0.25) is 0 Å². The molecule has 27 heavy (non-hydrogen) atoms. The van der Waals surface area contributed by atoms with Gasteiger partial charge < -0.3 is 4.90 Å². The summed E-state index contributed by atoms with van der Waals surface area (Å²) >= 11 is 0. The molecule has 0 saturated heterocycles. The summed E-state index contributed by atoms with van der Waals surface area (Å²) in [6.07, 6.45) is 4.33. The van der Waals surface area contributed by atoms with E-state index in [4.69, 9.17) is 0 Å². The Morgan fingerprint density at radius 2 is 1.59 bits per heavy atom. The lowest BCUT2D eigenvalue weighted by Crippen LogP contribution is -2.32.